The van der Waals surface area contributed by atoms with Crippen LogP contribution in [0, 0.1) is 0 Å². The van der Waals surface area contributed by atoms with E-state index in [0.29, 0.717) is 0 Å². The van der Waals surface area contributed by atoms with Crippen molar-refractivity contribution in [3.05, 3.63) is 93.1 Å². The van der Waals surface area contributed by atoms with E-state index < -0.39 is 0 Å². The second kappa shape index (κ2) is 6.29. The molecule has 0 spiro atoms. The van der Waals surface area contributed by atoms with Crippen LogP contribution < -0.4 is 0 Å². The Morgan fingerprint density at radius 3 is 2.75 bits per heavy atom. The van der Waals surface area contributed by atoms with Gasteiger partial charge in [-0.2, -0.15) is 0 Å². The fourth-order valence-electron chi connectivity index (χ4n) is 3.19. The summed E-state index contributed by atoms with van der Waals surface area (Å²) in [7, 11) is 0. The first-order chi connectivity index (χ1) is 11.7. The van der Waals surface area contributed by atoms with E-state index in [-0.39, 0.29) is 0 Å². The van der Waals surface area contributed by atoms with Crippen LogP contribution in [0.25, 0.3) is 23.1 Å². The van der Waals surface area contributed by atoms with E-state index in [4.69, 9.17) is 0 Å². The molecule has 1 nitrogen and oxygen atoms in total. The largest absolute Gasteiger partial charge is 0.361 e. The minimum atomic E-state index is 0.918. The quantitative estimate of drug-likeness (QED) is 0.523. The molecule has 24 heavy (non-hydrogen) atoms. The van der Waals surface area contributed by atoms with Crippen molar-refractivity contribution >= 4 is 39.0 Å². The number of H-pyrrole nitrogens is 1. The fourth-order valence-corrected chi connectivity index (χ4v) is 3.55. The summed E-state index contributed by atoms with van der Waals surface area (Å²) in [5.74, 6) is 0. The van der Waals surface area contributed by atoms with Crippen molar-refractivity contribution in [3.8, 4) is 0 Å². The zero-order chi connectivity index (χ0) is 16.5. The lowest BCUT2D eigenvalue weighted by molar-refractivity contribution is 1.17. The average Bonchev–Trinajstić information content (AvgIpc) is 2.96. The summed E-state index contributed by atoms with van der Waals surface area (Å²) >= 11 is 3.58. The third kappa shape index (κ3) is 2.90. The van der Waals surface area contributed by atoms with Crippen LogP contribution in [0.5, 0.6) is 0 Å². The van der Waals surface area contributed by atoms with E-state index in [2.05, 4.69) is 101 Å². The van der Waals surface area contributed by atoms with Gasteiger partial charge in [0.2, 0.25) is 0 Å². The van der Waals surface area contributed by atoms with Gasteiger partial charge < -0.3 is 4.98 Å². The first-order valence-electron chi connectivity index (χ1n) is 8.11. The van der Waals surface area contributed by atoms with E-state index >= 15 is 0 Å². The molecule has 3 aromatic rings. The molecule has 118 valence electrons. The Morgan fingerprint density at radius 2 is 1.88 bits per heavy atom. The normalized spacial score (nSPS) is 15.2. The molecular formula is C22H18BrN. The molecule has 0 aliphatic heterocycles. The van der Waals surface area contributed by atoms with Gasteiger partial charge in [-0.1, -0.05) is 64.5 Å². The SMILES string of the molecule is CC1=C/C=C/c2ccccc2C=C1Cc1c[nH]c2ccc(Br)cc12. The van der Waals surface area contributed by atoms with E-state index in [1.807, 2.05) is 0 Å². The van der Waals surface area contributed by atoms with Gasteiger partial charge in [-0.3, -0.25) is 0 Å². The monoisotopic (exact) mass is 375 g/mol. The van der Waals surface area contributed by atoms with Gasteiger partial charge in [-0.25, -0.2) is 0 Å². The third-order valence-corrected chi connectivity index (χ3v) is 5.06. The van der Waals surface area contributed by atoms with Gasteiger partial charge in [0, 0.05) is 21.6 Å². The second-order valence-electron chi connectivity index (χ2n) is 6.19. The van der Waals surface area contributed by atoms with Crippen LogP contribution in [-0.2, 0) is 6.42 Å². The number of nitrogens with one attached hydrogen (secondary N) is 1. The highest BCUT2D eigenvalue weighted by Gasteiger charge is 2.10. The van der Waals surface area contributed by atoms with Gasteiger partial charge in [0.05, 0.1) is 0 Å². The maximum Gasteiger partial charge on any atom is 0.0457 e. The maximum atomic E-state index is 3.58. The third-order valence-electron chi connectivity index (χ3n) is 4.56. The van der Waals surface area contributed by atoms with Crippen molar-refractivity contribution in [2.45, 2.75) is 13.3 Å². The highest BCUT2D eigenvalue weighted by Crippen LogP contribution is 2.29. The first-order valence-corrected chi connectivity index (χ1v) is 8.90. The Balaban J connectivity index is 1.79. The lowest BCUT2D eigenvalue weighted by Gasteiger charge is -2.12. The molecule has 0 unspecified atom stereocenters. The fraction of sp³-hybridized carbons (Fsp3) is 0.0909. The molecule has 0 bridgehead atoms. The van der Waals surface area contributed by atoms with E-state index in [0.717, 1.165) is 10.9 Å². The highest BCUT2D eigenvalue weighted by atomic mass is 79.9. The number of halogens is 1. The van der Waals surface area contributed by atoms with E-state index in [9.17, 15) is 0 Å². The standard InChI is InChI=1S/C22H18BrN/c1-15-5-4-8-16-6-2-3-7-17(16)11-18(15)12-19-14-24-22-10-9-20(23)13-21(19)22/h2-11,13-14,24H,12H2,1H3/b5-4?,8-4+,15-5?,16-8?,17-11?,18-11?,18-15?. The van der Waals surface area contributed by atoms with Gasteiger partial charge in [0.1, 0.15) is 0 Å². The van der Waals surface area contributed by atoms with Crippen LogP contribution >= 0.6 is 15.9 Å². The van der Waals surface area contributed by atoms with E-state index in [1.54, 1.807) is 0 Å². The summed E-state index contributed by atoms with van der Waals surface area (Å²) in [4.78, 5) is 3.39. The number of allylic oxidation sites excluding steroid dienone is 4. The molecule has 0 atom stereocenters. The van der Waals surface area contributed by atoms with Gasteiger partial charge in [-0.05, 0) is 59.4 Å². The van der Waals surface area contributed by atoms with Gasteiger partial charge in [0.15, 0.2) is 0 Å². The summed E-state index contributed by atoms with van der Waals surface area (Å²) in [6, 6.07) is 14.9. The van der Waals surface area contributed by atoms with Crippen LogP contribution in [0.3, 0.4) is 0 Å². The minimum absolute atomic E-state index is 0.918. The minimum Gasteiger partial charge on any atom is -0.361 e. The maximum absolute atomic E-state index is 3.58. The number of aromatic amines is 1. The molecule has 0 radical (unpaired) electrons. The number of hydrogen-bond acceptors (Lipinski definition) is 0. The zero-order valence-corrected chi connectivity index (χ0v) is 15.1. The Labute approximate surface area is 150 Å². The molecule has 0 fully saturated rings. The number of hydrogen-bond donors (Lipinski definition) is 1. The lowest BCUT2D eigenvalue weighted by Crippen LogP contribution is -1.94. The number of benzene rings is 2. The van der Waals surface area contributed by atoms with Crippen LogP contribution in [0.2, 0.25) is 0 Å². The van der Waals surface area contributed by atoms with Gasteiger partial charge in [-0.15, -0.1) is 0 Å². The van der Waals surface area contributed by atoms with Crippen molar-refractivity contribution in [3.63, 3.8) is 0 Å². The van der Waals surface area contributed by atoms with Crippen molar-refractivity contribution < 1.29 is 0 Å². The molecule has 0 saturated carbocycles. The molecule has 2 heteroatoms. The molecule has 1 heterocycles. The van der Waals surface area contributed by atoms with Crippen LogP contribution in [0.15, 0.2) is 76.4 Å². The van der Waals surface area contributed by atoms with Crippen molar-refractivity contribution in [2.24, 2.45) is 0 Å². The molecule has 1 aromatic heterocycles. The van der Waals surface area contributed by atoms with Crippen molar-refractivity contribution in [1.82, 2.24) is 4.98 Å². The Morgan fingerprint density at radius 1 is 1.04 bits per heavy atom. The Hall–Kier alpha value is -2.32. The second-order valence-corrected chi connectivity index (χ2v) is 7.10. The average molecular weight is 376 g/mol. The summed E-state index contributed by atoms with van der Waals surface area (Å²) in [6.45, 7) is 2.19. The molecule has 0 amide bonds. The summed E-state index contributed by atoms with van der Waals surface area (Å²) in [5, 5.41) is 1.28. The Kier molecular flexibility index (Phi) is 3.99. The number of fused-ring (bicyclic) bond motifs is 2. The summed E-state index contributed by atoms with van der Waals surface area (Å²) < 4.78 is 1.11. The summed E-state index contributed by atoms with van der Waals surface area (Å²) in [6.07, 6.45) is 11.9. The summed E-state index contributed by atoms with van der Waals surface area (Å²) in [5.41, 5.74) is 7.71. The molecule has 1 aliphatic rings. The molecular weight excluding hydrogens is 358 g/mol. The lowest BCUT2D eigenvalue weighted by atomic mass is 9.93. The topological polar surface area (TPSA) is 15.8 Å². The van der Waals surface area contributed by atoms with Gasteiger partial charge >= 0.3 is 0 Å². The van der Waals surface area contributed by atoms with Crippen molar-refractivity contribution in [2.75, 3.05) is 0 Å². The number of aromatic nitrogens is 1. The predicted octanol–water partition coefficient (Wildman–Crippen LogP) is 6.53. The van der Waals surface area contributed by atoms with Crippen molar-refractivity contribution in [1.29, 1.82) is 0 Å². The molecule has 1 N–H and O–H groups in total. The molecule has 1 aliphatic carbocycles. The van der Waals surface area contributed by atoms with Crippen LogP contribution in [-0.4, -0.2) is 4.98 Å². The molecule has 4 rings (SSSR count). The van der Waals surface area contributed by atoms with Crippen LogP contribution in [0.1, 0.15) is 23.6 Å². The smallest absolute Gasteiger partial charge is 0.0457 e. The molecule has 0 saturated heterocycles. The van der Waals surface area contributed by atoms with E-state index in [1.165, 1.54) is 38.7 Å². The van der Waals surface area contributed by atoms with Gasteiger partial charge in [0.25, 0.3) is 0 Å². The zero-order valence-electron chi connectivity index (χ0n) is 13.5. The highest BCUT2D eigenvalue weighted by molar-refractivity contribution is 9.10. The first kappa shape index (κ1) is 15.2. The molecule has 2 aromatic carbocycles. The number of rotatable bonds is 2. The Bertz CT molecular complexity index is 1000. The van der Waals surface area contributed by atoms with Crippen LogP contribution in [0.4, 0.5) is 0 Å². The predicted molar refractivity (Wildman–Crippen MR) is 107 cm³/mol.